The molecule has 1 amide bonds. The van der Waals surface area contributed by atoms with Crippen LogP contribution in [0.5, 0.6) is 0 Å². The Balaban J connectivity index is 2.16. The first-order valence-electron chi connectivity index (χ1n) is 5.55. The van der Waals surface area contributed by atoms with Crippen LogP contribution in [-0.2, 0) is 9.53 Å². The second-order valence-electron chi connectivity index (χ2n) is 3.80. The summed E-state index contributed by atoms with van der Waals surface area (Å²) in [5.74, 6) is 0.371. The number of rotatable bonds is 3. The van der Waals surface area contributed by atoms with Gasteiger partial charge in [-0.2, -0.15) is 0 Å². The van der Waals surface area contributed by atoms with Crippen LogP contribution in [0.3, 0.4) is 0 Å². The van der Waals surface area contributed by atoms with Crippen molar-refractivity contribution in [2.45, 2.75) is 0 Å². The van der Waals surface area contributed by atoms with E-state index >= 15 is 0 Å². The van der Waals surface area contributed by atoms with Crippen molar-refractivity contribution in [3.8, 4) is 0 Å². The van der Waals surface area contributed by atoms with Gasteiger partial charge in [0.2, 0.25) is 5.91 Å². The molecule has 0 atom stereocenters. The van der Waals surface area contributed by atoms with Crippen molar-refractivity contribution in [3.05, 3.63) is 17.3 Å². The molecule has 2 heterocycles. The topological polar surface area (TPSA) is 54.5 Å². The van der Waals surface area contributed by atoms with E-state index < -0.39 is 0 Å². The van der Waals surface area contributed by atoms with Crippen molar-refractivity contribution in [1.29, 1.82) is 0 Å². The number of pyridine rings is 1. The Bertz CT molecular complexity index is 436. The van der Waals surface area contributed by atoms with E-state index in [1.807, 2.05) is 0 Å². The second-order valence-corrected chi connectivity index (χ2v) is 4.48. The van der Waals surface area contributed by atoms with Crippen molar-refractivity contribution in [2.24, 2.45) is 0 Å². The number of amides is 1. The molecule has 1 saturated heterocycles. The number of ether oxygens (including phenoxy) is 1. The van der Waals surface area contributed by atoms with Crippen LogP contribution in [0, 0.1) is 0 Å². The fourth-order valence-electron chi connectivity index (χ4n) is 1.67. The molecule has 0 aliphatic carbocycles. The van der Waals surface area contributed by atoms with Crippen LogP contribution in [0.1, 0.15) is 0 Å². The maximum atomic E-state index is 11.3. The van der Waals surface area contributed by atoms with E-state index in [0.29, 0.717) is 23.9 Å². The number of morpholine rings is 1. The number of nitrogens with zero attached hydrogens (tertiary/aromatic N) is 2. The number of aromatic nitrogens is 1. The summed E-state index contributed by atoms with van der Waals surface area (Å²) < 4.78 is 5.27. The Morgan fingerprint density at radius 2 is 2.22 bits per heavy atom. The first-order chi connectivity index (χ1) is 8.70. The van der Waals surface area contributed by atoms with Gasteiger partial charge in [-0.15, -0.1) is 11.6 Å². The summed E-state index contributed by atoms with van der Waals surface area (Å²) in [6.07, 6.45) is 1.52. The highest BCUT2D eigenvalue weighted by atomic mass is 35.5. The first kappa shape index (κ1) is 13.4. The fourth-order valence-corrected chi connectivity index (χ4v) is 1.89. The van der Waals surface area contributed by atoms with Crippen LogP contribution >= 0.6 is 23.2 Å². The van der Waals surface area contributed by atoms with Crippen LogP contribution in [0.25, 0.3) is 0 Å². The number of hydrogen-bond acceptors (Lipinski definition) is 4. The average molecular weight is 290 g/mol. The lowest BCUT2D eigenvalue weighted by Crippen LogP contribution is -2.36. The number of halogens is 2. The highest BCUT2D eigenvalue weighted by molar-refractivity contribution is 6.34. The average Bonchev–Trinajstić information content (AvgIpc) is 2.42. The molecule has 0 aromatic carbocycles. The summed E-state index contributed by atoms with van der Waals surface area (Å²) in [6, 6.07) is 1.75. The zero-order chi connectivity index (χ0) is 13.0. The molecule has 0 saturated carbocycles. The zero-order valence-electron chi connectivity index (χ0n) is 9.66. The van der Waals surface area contributed by atoms with Crippen LogP contribution in [0.2, 0.25) is 5.02 Å². The summed E-state index contributed by atoms with van der Waals surface area (Å²) in [7, 11) is 0. The van der Waals surface area contributed by atoms with Crippen LogP contribution < -0.4 is 10.2 Å². The van der Waals surface area contributed by atoms with Gasteiger partial charge in [-0.1, -0.05) is 11.6 Å². The van der Waals surface area contributed by atoms with Crippen molar-refractivity contribution < 1.29 is 9.53 Å². The van der Waals surface area contributed by atoms with Gasteiger partial charge in [-0.3, -0.25) is 4.79 Å². The van der Waals surface area contributed by atoms with Crippen molar-refractivity contribution in [3.63, 3.8) is 0 Å². The van der Waals surface area contributed by atoms with Gasteiger partial charge in [0.1, 0.15) is 11.7 Å². The second kappa shape index (κ2) is 6.22. The lowest BCUT2D eigenvalue weighted by atomic mass is 10.3. The maximum Gasteiger partial charge on any atom is 0.239 e. The van der Waals surface area contributed by atoms with E-state index in [-0.39, 0.29) is 11.8 Å². The molecule has 1 aliphatic rings. The predicted octanol–water partition coefficient (Wildman–Crippen LogP) is 1.75. The number of hydrogen-bond donors (Lipinski definition) is 1. The third-order valence-corrected chi connectivity index (χ3v) is 3.12. The van der Waals surface area contributed by atoms with Gasteiger partial charge in [0.15, 0.2) is 0 Å². The Labute approximate surface area is 115 Å². The highest BCUT2D eigenvalue weighted by Crippen LogP contribution is 2.25. The summed E-state index contributed by atoms with van der Waals surface area (Å²) in [5.41, 5.74) is 0.527. The highest BCUT2D eigenvalue weighted by Gasteiger charge is 2.14. The maximum absolute atomic E-state index is 11.3. The van der Waals surface area contributed by atoms with Crippen molar-refractivity contribution in [1.82, 2.24) is 4.98 Å². The minimum Gasteiger partial charge on any atom is -0.378 e. The van der Waals surface area contributed by atoms with Gasteiger partial charge in [0, 0.05) is 19.2 Å². The van der Waals surface area contributed by atoms with Crippen LogP contribution in [0.15, 0.2) is 12.3 Å². The molecule has 1 aliphatic heterocycles. The molecule has 1 aromatic heterocycles. The van der Waals surface area contributed by atoms with Crippen LogP contribution in [0.4, 0.5) is 11.5 Å². The lowest BCUT2D eigenvalue weighted by Gasteiger charge is -2.28. The summed E-state index contributed by atoms with van der Waals surface area (Å²) in [5, 5.41) is 3.03. The molecule has 2 rings (SSSR count). The Hall–Kier alpha value is -1.04. The molecule has 18 heavy (non-hydrogen) atoms. The summed E-state index contributed by atoms with van der Waals surface area (Å²) >= 11 is 11.4. The number of anilines is 2. The quantitative estimate of drug-likeness (QED) is 0.862. The Morgan fingerprint density at radius 1 is 1.50 bits per heavy atom. The van der Waals surface area contributed by atoms with E-state index in [0.717, 1.165) is 18.9 Å². The molecule has 1 aromatic rings. The molecule has 1 N–H and O–H groups in total. The van der Waals surface area contributed by atoms with Gasteiger partial charge >= 0.3 is 0 Å². The SMILES string of the molecule is O=C(CCl)Nc1cc(N2CCOCC2)ncc1Cl. The third kappa shape index (κ3) is 3.25. The van der Waals surface area contributed by atoms with E-state index in [2.05, 4.69) is 15.2 Å². The van der Waals surface area contributed by atoms with Gasteiger partial charge in [-0.05, 0) is 0 Å². The van der Waals surface area contributed by atoms with E-state index in [1.54, 1.807) is 6.07 Å². The van der Waals surface area contributed by atoms with E-state index in [1.165, 1.54) is 6.20 Å². The van der Waals surface area contributed by atoms with Crippen molar-refractivity contribution >= 4 is 40.6 Å². The molecule has 0 bridgehead atoms. The zero-order valence-corrected chi connectivity index (χ0v) is 11.2. The fraction of sp³-hybridized carbons (Fsp3) is 0.455. The third-order valence-electron chi connectivity index (χ3n) is 2.57. The minimum atomic E-state index is -0.294. The van der Waals surface area contributed by atoms with E-state index in [4.69, 9.17) is 27.9 Å². The molecule has 0 spiro atoms. The molecule has 0 radical (unpaired) electrons. The summed E-state index contributed by atoms with van der Waals surface area (Å²) in [6.45, 7) is 2.90. The van der Waals surface area contributed by atoms with Gasteiger partial charge in [-0.25, -0.2) is 4.98 Å². The normalized spacial score (nSPS) is 15.6. The van der Waals surface area contributed by atoms with Crippen LogP contribution in [-0.4, -0.2) is 43.1 Å². The van der Waals surface area contributed by atoms with Gasteiger partial charge in [0.25, 0.3) is 0 Å². The Morgan fingerprint density at radius 3 is 2.89 bits per heavy atom. The molecule has 7 heteroatoms. The number of carbonyl (C=O) groups excluding carboxylic acids is 1. The molecule has 0 unspecified atom stereocenters. The molecule has 98 valence electrons. The van der Waals surface area contributed by atoms with Crippen molar-refractivity contribution in [2.75, 3.05) is 42.4 Å². The predicted molar refractivity (Wildman–Crippen MR) is 71.6 cm³/mol. The lowest BCUT2D eigenvalue weighted by molar-refractivity contribution is -0.113. The number of nitrogens with one attached hydrogen (secondary N) is 1. The number of carbonyl (C=O) groups is 1. The standard InChI is InChI=1S/C11H13Cl2N3O2/c12-6-11(17)15-9-5-10(14-7-8(9)13)16-1-3-18-4-2-16/h5,7H,1-4,6H2,(H,14,15,17). The number of alkyl halides is 1. The largest absolute Gasteiger partial charge is 0.378 e. The van der Waals surface area contributed by atoms with Gasteiger partial charge < -0.3 is 15.0 Å². The Kier molecular flexibility index (Phi) is 4.63. The first-order valence-corrected chi connectivity index (χ1v) is 6.46. The summed E-state index contributed by atoms with van der Waals surface area (Å²) in [4.78, 5) is 17.6. The van der Waals surface area contributed by atoms with Gasteiger partial charge in [0.05, 0.1) is 30.1 Å². The van der Waals surface area contributed by atoms with E-state index in [9.17, 15) is 4.79 Å². The molecular weight excluding hydrogens is 277 g/mol. The molecular formula is C11H13Cl2N3O2. The molecule has 1 fully saturated rings. The monoisotopic (exact) mass is 289 g/mol. The minimum absolute atomic E-state index is 0.106. The molecule has 5 nitrogen and oxygen atoms in total. The smallest absolute Gasteiger partial charge is 0.239 e.